The largest absolute Gasteiger partial charge is 0.371 e. The third kappa shape index (κ3) is 2.29. The van der Waals surface area contributed by atoms with Crippen molar-refractivity contribution in [2.45, 2.75) is 19.9 Å². The lowest BCUT2D eigenvalue weighted by atomic mass is 10.2. The van der Waals surface area contributed by atoms with E-state index < -0.39 is 0 Å². The van der Waals surface area contributed by atoms with Crippen molar-refractivity contribution in [3.63, 3.8) is 0 Å². The number of hydrogen-bond donors (Lipinski definition) is 1. The topological polar surface area (TPSA) is 28.2 Å². The van der Waals surface area contributed by atoms with Crippen LogP contribution in [-0.2, 0) is 6.54 Å². The Hall–Kier alpha value is -1.09. The zero-order valence-corrected chi connectivity index (χ0v) is 9.53. The summed E-state index contributed by atoms with van der Waals surface area (Å²) in [6.45, 7) is 5.58. The van der Waals surface area contributed by atoms with Gasteiger partial charge in [0, 0.05) is 43.3 Å². The van der Waals surface area contributed by atoms with Gasteiger partial charge in [-0.25, -0.2) is 0 Å². The van der Waals surface area contributed by atoms with Crippen molar-refractivity contribution in [2.75, 3.05) is 25.0 Å². The second kappa shape index (κ2) is 4.62. The molecule has 1 aliphatic rings. The van der Waals surface area contributed by atoms with E-state index in [4.69, 9.17) is 0 Å². The predicted molar refractivity (Wildman–Crippen MR) is 63.0 cm³/mol. The summed E-state index contributed by atoms with van der Waals surface area (Å²) in [6, 6.07) is 2.13. The summed E-state index contributed by atoms with van der Waals surface area (Å²) in [5.41, 5.74) is 2.65. The van der Waals surface area contributed by atoms with Crippen molar-refractivity contribution in [1.29, 1.82) is 0 Å². The first-order valence-corrected chi connectivity index (χ1v) is 5.63. The molecule has 2 heterocycles. The zero-order chi connectivity index (χ0) is 10.7. The van der Waals surface area contributed by atoms with E-state index >= 15 is 0 Å². The van der Waals surface area contributed by atoms with E-state index in [-0.39, 0.29) is 0 Å². The molecule has 0 radical (unpaired) electrons. The smallest absolute Gasteiger partial charge is 0.0442 e. The summed E-state index contributed by atoms with van der Waals surface area (Å²) >= 11 is 0. The fourth-order valence-electron chi connectivity index (χ4n) is 2.21. The molecule has 1 unspecified atom stereocenters. The molecule has 82 valence electrons. The third-order valence-corrected chi connectivity index (χ3v) is 3.01. The van der Waals surface area contributed by atoms with Crippen molar-refractivity contribution in [1.82, 2.24) is 10.3 Å². The van der Waals surface area contributed by atoms with E-state index in [0.29, 0.717) is 0 Å². The van der Waals surface area contributed by atoms with Crippen LogP contribution >= 0.6 is 0 Å². The molecule has 2 rings (SSSR count). The Morgan fingerprint density at radius 1 is 1.60 bits per heavy atom. The van der Waals surface area contributed by atoms with Gasteiger partial charge >= 0.3 is 0 Å². The van der Waals surface area contributed by atoms with Gasteiger partial charge in [0.1, 0.15) is 0 Å². The first-order valence-electron chi connectivity index (χ1n) is 5.63. The quantitative estimate of drug-likeness (QED) is 0.813. The van der Waals surface area contributed by atoms with Gasteiger partial charge in [-0.05, 0) is 25.5 Å². The van der Waals surface area contributed by atoms with Gasteiger partial charge in [0.05, 0.1) is 0 Å². The van der Waals surface area contributed by atoms with E-state index in [9.17, 15) is 0 Å². The average molecular weight is 205 g/mol. The molecule has 15 heavy (non-hydrogen) atoms. The van der Waals surface area contributed by atoms with Gasteiger partial charge in [-0.2, -0.15) is 0 Å². The molecule has 0 spiro atoms. The lowest BCUT2D eigenvalue weighted by molar-refractivity contribution is 0.659. The van der Waals surface area contributed by atoms with E-state index in [1.54, 1.807) is 0 Å². The van der Waals surface area contributed by atoms with Crippen molar-refractivity contribution < 1.29 is 0 Å². The minimum Gasteiger partial charge on any atom is -0.371 e. The Labute approximate surface area is 91.5 Å². The van der Waals surface area contributed by atoms with E-state index in [1.807, 2.05) is 19.4 Å². The van der Waals surface area contributed by atoms with Gasteiger partial charge in [0.15, 0.2) is 0 Å². The minimum absolute atomic E-state index is 0.820. The zero-order valence-electron chi connectivity index (χ0n) is 9.53. The van der Waals surface area contributed by atoms with Gasteiger partial charge in [-0.1, -0.05) is 6.92 Å². The maximum Gasteiger partial charge on any atom is 0.0442 e. The van der Waals surface area contributed by atoms with Gasteiger partial charge in [-0.3, -0.25) is 4.98 Å². The van der Waals surface area contributed by atoms with Crippen LogP contribution in [0.4, 0.5) is 5.69 Å². The van der Waals surface area contributed by atoms with E-state index in [1.165, 1.54) is 30.8 Å². The average Bonchev–Trinajstić information content (AvgIpc) is 2.66. The summed E-state index contributed by atoms with van der Waals surface area (Å²) in [7, 11) is 1.98. The number of rotatable bonds is 3. The number of anilines is 1. The van der Waals surface area contributed by atoms with Crippen molar-refractivity contribution in [2.24, 2.45) is 5.92 Å². The molecule has 1 aliphatic heterocycles. The number of pyridine rings is 1. The molecule has 0 aliphatic carbocycles. The van der Waals surface area contributed by atoms with Crippen LogP contribution in [0.3, 0.4) is 0 Å². The molecular weight excluding hydrogens is 186 g/mol. The highest BCUT2D eigenvalue weighted by atomic mass is 15.2. The van der Waals surface area contributed by atoms with Crippen molar-refractivity contribution in [3.8, 4) is 0 Å². The fraction of sp³-hybridized carbons (Fsp3) is 0.583. The van der Waals surface area contributed by atoms with Crippen LogP contribution in [-0.4, -0.2) is 25.1 Å². The Balaban J connectivity index is 2.19. The normalized spacial score (nSPS) is 20.9. The molecule has 0 amide bonds. The minimum atomic E-state index is 0.820. The molecule has 1 saturated heterocycles. The van der Waals surface area contributed by atoms with E-state index in [0.717, 1.165) is 12.5 Å². The molecule has 3 nitrogen and oxygen atoms in total. The van der Waals surface area contributed by atoms with Crippen LogP contribution in [0.1, 0.15) is 18.9 Å². The lowest BCUT2D eigenvalue weighted by Gasteiger charge is -2.21. The Bertz CT molecular complexity index is 324. The highest BCUT2D eigenvalue weighted by molar-refractivity contribution is 5.52. The van der Waals surface area contributed by atoms with Crippen LogP contribution in [0.15, 0.2) is 18.5 Å². The summed E-state index contributed by atoms with van der Waals surface area (Å²) in [6.07, 6.45) is 5.16. The summed E-state index contributed by atoms with van der Waals surface area (Å²) < 4.78 is 0. The Morgan fingerprint density at radius 2 is 2.47 bits per heavy atom. The first kappa shape index (κ1) is 10.4. The van der Waals surface area contributed by atoms with Crippen LogP contribution in [0.5, 0.6) is 0 Å². The van der Waals surface area contributed by atoms with Gasteiger partial charge in [0.2, 0.25) is 0 Å². The number of nitrogens with one attached hydrogen (secondary N) is 1. The summed E-state index contributed by atoms with van der Waals surface area (Å²) in [5.74, 6) is 0.820. The molecule has 1 fully saturated rings. The van der Waals surface area contributed by atoms with Gasteiger partial charge in [-0.15, -0.1) is 0 Å². The van der Waals surface area contributed by atoms with E-state index in [2.05, 4.69) is 28.2 Å². The van der Waals surface area contributed by atoms with Crippen LogP contribution in [0, 0.1) is 5.92 Å². The number of hydrogen-bond acceptors (Lipinski definition) is 3. The molecule has 0 saturated carbocycles. The first-order chi connectivity index (χ1) is 7.31. The highest BCUT2D eigenvalue weighted by Gasteiger charge is 2.20. The maximum absolute atomic E-state index is 4.19. The molecule has 1 aromatic rings. The number of nitrogens with zero attached hydrogens (tertiary/aromatic N) is 2. The monoisotopic (exact) mass is 205 g/mol. The lowest BCUT2D eigenvalue weighted by Crippen LogP contribution is -2.22. The van der Waals surface area contributed by atoms with Crippen LogP contribution in [0.2, 0.25) is 0 Å². The van der Waals surface area contributed by atoms with Crippen molar-refractivity contribution in [3.05, 3.63) is 24.0 Å². The highest BCUT2D eigenvalue weighted by Crippen LogP contribution is 2.25. The molecule has 0 bridgehead atoms. The van der Waals surface area contributed by atoms with Gasteiger partial charge in [0.25, 0.3) is 0 Å². The molecule has 0 aromatic carbocycles. The second-order valence-corrected chi connectivity index (χ2v) is 4.37. The SMILES string of the molecule is CNCc1cnccc1N1CCC(C)C1. The van der Waals surface area contributed by atoms with Crippen molar-refractivity contribution >= 4 is 5.69 Å². The molecule has 3 heteroatoms. The number of aromatic nitrogens is 1. The second-order valence-electron chi connectivity index (χ2n) is 4.37. The third-order valence-electron chi connectivity index (χ3n) is 3.01. The fourth-order valence-corrected chi connectivity index (χ4v) is 2.21. The maximum atomic E-state index is 4.19. The molecular formula is C12H19N3. The summed E-state index contributed by atoms with van der Waals surface area (Å²) in [5, 5.41) is 3.19. The van der Waals surface area contributed by atoms with Crippen LogP contribution in [0.25, 0.3) is 0 Å². The standard InChI is InChI=1S/C12H19N3/c1-10-4-6-15(9-10)12-3-5-14-8-11(12)7-13-2/h3,5,8,10,13H,4,6-7,9H2,1-2H3. The molecule has 1 atom stereocenters. The summed E-state index contributed by atoms with van der Waals surface area (Å²) in [4.78, 5) is 6.66. The van der Waals surface area contributed by atoms with Gasteiger partial charge < -0.3 is 10.2 Å². The Kier molecular flexibility index (Phi) is 3.21. The Morgan fingerprint density at radius 3 is 3.13 bits per heavy atom. The molecule has 1 aromatic heterocycles. The molecule has 1 N–H and O–H groups in total. The predicted octanol–water partition coefficient (Wildman–Crippen LogP) is 1.65. The van der Waals surface area contributed by atoms with Crippen LogP contribution < -0.4 is 10.2 Å².